The van der Waals surface area contributed by atoms with E-state index in [9.17, 15) is 14.7 Å². The molecule has 0 saturated heterocycles. The number of ether oxygens (including phenoxy) is 1. The molecule has 1 fully saturated rings. The summed E-state index contributed by atoms with van der Waals surface area (Å²) in [5.74, 6) is -1.12. The van der Waals surface area contributed by atoms with Crippen LogP contribution in [0.1, 0.15) is 43.0 Å². The summed E-state index contributed by atoms with van der Waals surface area (Å²) in [6.45, 7) is 1.89. The molecule has 21 heavy (non-hydrogen) atoms. The number of hydrogen-bond acceptors (Lipinski definition) is 6. The molecule has 1 saturated carbocycles. The van der Waals surface area contributed by atoms with E-state index in [2.05, 4.69) is 10.3 Å². The minimum absolute atomic E-state index is 0.0265. The molecule has 7 heteroatoms. The van der Waals surface area contributed by atoms with Crippen LogP contribution in [-0.2, 0) is 9.53 Å². The number of anilines is 1. The lowest BCUT2D eigenvalue weighted by Gasteiger charge is -2.27. The Morgan fingerprint density at radius 2 is 2.24 bits per heavy atom. The van der Waals surface area contributed by atoms with Gasteiger partial charge in [0.15, 0.2) is 5.78 Å². The van der Waals surface area contributed by atoms with Gasteiger partial charge >= 0.3 is 5.97 Å². The summed E-state index contributed by atoms with van der Waals surface area (Å²) in [5, 5.41) is 12.7. The van der Waals surface area contributed by atoms with Crippen LogP contribution >= 0.6 is 11.6 Å². The molecule has 1 aromatic rings. The van der Waals surface area contributed by atoms with Gasteiger partial charge in [-0.05, 0) is 32.3 Å². The highest BCUT2D eigenvalue weighted by Gasteiger charge is 2.24. The van der Waals surface area contributed by atoms with Crippen molar-refractivity contribution in [1.29, 1.82) is 0 Å². The molecule has 0 radical (unpaired) electrons. The number of pyridine rings is 1. The molecule has 114 valence electrons. The Morgan fingerprint density at radius 3 is 2.81 bits per heavy atom. The van der Waals surface area contributed by atoms with Crippen LogP contribution < -0.4 is 5.32 Å². The number of carbonyl (C=O) groups excluding carboxylic acids is 2. The van der Waals surface area contributed by atoms with Gasteiger partial charge in [-0.1, -0.05) is 11.6 Å². The van der Waals surface area contributed by atoms with Crippen LogP contribution in [0.25, 0.3) is 0 Å². The average Bonchev–Trinajstić information content (AvgIpc) is 2.37. The van der Waals surface area contributed by atoms with Gasteiger partial charge in [-0.15, -0.1) is 0 Å². The highest BCUT2D eigenvalue weighted by atomic mass is 35.5. The van der Waals surface area contributed by atoms with Gasteiger partial charge < -0.3 is 15.2 Å². The third kappa shape index (κ3) is 3.85. The molecule has 1 aliphatic carbocycles. The molecule has 1 heterocycles. The summed E-state index contributed by atoms with van der Waals surface area (Å²) >= 11 is 5.80. The second kappa shape index (κ2) is 6.76. The Hall–Kier alpha value is -1.82. The molecule has 2 rings (SSSR count). The van der Waals surface area contributed by atoms with Crippen molar-refractivity contribution in [2.24, 2.45) is 0 Å². The number of esters is 1. The highest BCUT2D eigenvalue weighted by Crippen LogP contribution is 2.30. The predicted molar refractivity (Wildman–Crippen MR) is 77.8 cm³/mol. The standard InChI is InChI=1S/C14H17ClN2O4/c1-2-21-12(19)7-11(18)9-6-10(15)14(20)17-13(9)16-8-4-3-5-8/h6,8H,2-5,7H2,1H3,(H2,16,17,20). The third-order valence-electron chi connectivity index (χ3n) is 3.31. The van der Waals surface area contributed by atoms with Gasteiger partial charge in [-0.25, -0.2) is 0 Å². The Bertz CT molecular complexity index is 558. The van der Waals surface area contributed by atoms with Crippen molar-refractivity contribution in [2.75, 3.05) is 11.9 Å². The van der Waals surface area contributed by atoms with Crippen molar-refractivity contribution >= 4 is 29.2 Å². The minimum atomic E-state index is -0.596. The number of rotatable bonds is 6. The molecule has 2 N–H and O–H groups in total. The maximum absolute atomic E-state index is 12.2. The maximum atomic E-state index is 12.2. The lowest BCUT2D eigenvalue weighted by atomic mass is 9.93. The number of carbonyl (C=O) groups is 2. The largest absolute Gasteiger partial charge is 0.492 e. The van der Waals surface area contributed by atoms with Gasteiger partial charge in [-0.3, -0.25) is 9.59 Å². The Morgan fingerprint density at radius 1 is 1.52 bits per heavy atom. The molecule has 1 aliphatic rings. The van der Waals surface area contributed by atoms with Crippen LogP contribution in [0.5, 0.6) is 5.88 Å². The number of hydrogen-bond donors (Lipinski definition) is 2. The molecular formula is C14H17ClN2O4. The van der Waals surface area contributed by atoms with Gasteiger partial charge in [0.2, 0.25) is 5.88 Å². The summed E-state index contributed by atoms with van der Waals surface area (Å²) < 4.78 is 4.76. The molecule has 0 aliphatic heterocycles. The summed E-state index contributed by atoms with van der Waals surface area (Å²) in [5.41, 5.74) is 0.192. The lowest BCUT2D eigenvalue weighted by molar-refractivity contribution is -0.141. The minimum Gasteiger partial charge on any atom is -0.492 e. The summed E-state index contributed by atoms with van der Waals surface area (Å²) in [6.07, 6.45) is 2.70. The van der Waals surface area contributed by atoms with Crippen molar-refractivity contribution in [2.45, 2.75) is 38.6 Å². The second-order valence-corrected chi connectivity index (χ2v) is 5.27. The Balaban J connectivity index is 2.20. The number of nitrogens with one attached hydrogen (secondary N) is 1. The number of halogens is 1. The SMILES string of the molecule is CCOC(=O)CC(=O)c1cc(Cl)c(O)nc1NC1CCC1. The van der Waals surface area contributed by atoms with Gasteiger partial charge in [0.1, 0.15) is 17.3 Å². The maximum Gasteiger partial charge on any atom is 0.313 e. The molecule has 6 nitrogen and oxygen atoms in total. The Kier molecular flexibility index (Phi) is 5.01. The molecule has 0 atom stereocenters. The van der Waals surface area contributed by atoms with E-state index in [0.29, 0.717) is 0 Å². The van der Waals surface area contributed by atoms with E-state index in [-0.39, 0.29) is 41.4 Å². The van der Waals surface area contributed by atoms with Crippen molar-refractivity contribution in [3.63, 3.8) is 0 Å². The smallest absolute Gasteiger partial charge is 0.313 e. The van der Waals surface area contributed by atoms with E-state index >= 15 is 0 Å². The quantitative estimate of drug-likeness (QED) is 0.477. The lowest BCUT2D eigenvalue weighted by Crippen LogP contribution is -2.28. The summed E-state index contributed by atoms with van der Waals surface area (Å²) in [7, 11) is 0. The number of aromatic nitrogens is 1. The van der Waals surface area contributed by atoms with E-state index in [4.69, 9.17) is 16.3 Å². The van der Waals surface area contributed by atoms with Gasteiger partial charge in [0.25, 0.3) is 0 Å². The van der Waals surface area contributed by atoms with Crippen molar-refractivity contribution in [3.05, 3.63) is 16.7 Å². The zero-order valence-electron chi connectivity index (χ0n) is 11.7. The van der Waals surface area contributed by atoms with Crippen LogP contribution in [-0.4, -0.2) is 34.5 Å². The zero-order valence-corrected chi connectivity index (χ0v) is 12.4. The number of aromatic hydroxyl groups is 1. The molecule has 0 unspecified atom stereocenters. The van der Waals surface area contributed by atoms with Gasteiger partial charge in [0.05, 0.1) is 12.2 Å². The van der Waals surface area contributed by atoms with Crippen molar-refractivity contribution < 1.29 is 19.4 Å². The first-order valence-corrected chi connectivity index (χ1v) is 7.24. The van der Waals surface area contributed by atoms with E-state index in [1.54, 1.807) is 6.92 Å². The van der Waals surface area contributed by atoms with E-state index in [1.807, 2.05) is 0 Å². The first-order valence-electron chi connectivity index (χ1n) is 6.86. The fraction of sp³-hybridized carbons (Fsp3) is 0.500. The summed E-state index contributed by atoms with van der Waals surface area (Å²) in [4.78, 5) is 27.5. The van der Waals surface area contributed by atoms with E-state index in [1.165, 1.54) is 6.07 Å². The normalized spacial score (nSPS) is 14.4. The molecule has 0 spiro atoms. The number of Topliss-reactive ketones (excluding diaryl/α,β-unsaturated/α-hetero) is 1. The molecule has 1 aromatic heterocycles. The van der Waals surface area contributed by atoms with Crippen LogP contribution in [0.4, 0.5) is 5.82 Å². The van der Waals surface area contributed by atoms with E-state index in [0.717, 1.165) is 19.3 Å². The fourth-order valence-corrected chi connectivity index (χ4v) is 2.14. The molecule has 0 amide bonds. The monoisotopic (exact) mass is 312 g/mol. The van der Waals surface area contributed by atoms with Crippen molar-refractivity contribution in [3.8, 4) is 5.88 Å². The van der Waals surface area contributed by atoms with Crippen molar-refractivity contribution in [1.82, 2.24) is 4.98 Å². The van der Waals surface area contributed by atoms with E-state index < -0.39 is 11.8 Å². The van der Waals surface area contributed by atoms with Gasteiger partial charge in [-0.2, -0.15) is 4.98 Å². The third-order valence-corrected chi connectivity index (χ3v) is 3.59. The number of nitrogens with zero attached hydrogens (tertiary/aromatic N) is 1. The first-order chi connectivity index (χ1) is 10.0. The predicted octanol–water partition coefficient (Wildman–Crippen LogP) is 2.54. The molecule has 0 aromatic carbocycles. The Labute approximate surface area is 127 Å². The second-order valence-electron chi connectivity index (χ2n) is 4.87. The van der Waals surface area contributed by atoms with Crippen LogP contribution in [0.15, 0.2) is 6.07 Å². The first kappa shape index (κ1) is 15.6. The topological polar surface area (TPSA) is 88.5 Å². The van der Waals surface area contributed by atoms with Crippen LogP contribution in [0, 0.1) is 0 Å². The average molecular weight is 313 g/mol. The van der Waals surface area contributed by atoms with Crippen LogP contribution in [0.2, 0.25) is 5.02 Å². The van der Waals surface area contributed by atoms with Crippen LogP contribution in [0.3, 0.4) is 0 Å². The molecular weight excluding hydrogens is 296 g/mol. The fourth-order valence-electron chi connectivity index (χ4n) is 1.99. The zero-order chi connectivity index (χ0) is 15.4. The summed E-state index contributed by atoms with van der Waals surface area (Å²) in [6, 6.07) is 1.55. The number of ketones is 1. The molecule has 0 bridgehead atoms. The highest BCUT2D eigenvalue weighted by molar-refractivity contribution is 6.32. The van der Waals surface area contributed by atoms with Gasteiger partial charge in [0, 0.05) is 6.04 Å².